The average Bonchev–Trinajstić information content (AvgIpc) is 2.66. The van der Waals surface area contributed by atoms with Gasteiger partial charge in [-0.05, 0) is 53.9 Å². The third kappa shape index (κ3) is 4.62. The van der Waals surface area contributed by atoms with Gasteiger partial charge in [0.1, 0.15) is 0 Å². The van der Waals surface area contributed by atoms with E-state index in [2.05, 4.69) is 10.6 Å². The summed E-state index contributed by atoms with van der Waals surface area (Å²) in [5, 5.41) is 5.17. The van der Waals surface area contributed by atoms with E-state index in [1.165, 1.54) is 12.1 Å². The lowest BCUT2D eigenvalue weighted by molar-refractivity contribution is -0.137. The molecule has 0 atom stereocenters. The second kappa shape index (κ2) is 7.92. The molecule has 0 saturated carbocycles. The van der Waals surface area contributed by atoms with Crippen LogP contribution >= 0.6 is 0 Å². The van der Waals surface area contributed by atoms with E-state index in [4.69, 9.17) is 0 Å². The summed E-state index contributed by atoms with van der Waals surface area (Å²) in [5.41, 5.74) is 2.13. The van der Waals surface area contributed by atoms with Crippen molar-refractivity contribution in [1.29, 1.82) is 0 Å². The molecular formula is C20H20F3N3O2. The van der Waals surface area contributed by atoms with Crippen molar-refractivity contribution in [3.63, 3.8) is 0 Å². The van der Waals surface area contributed by atoms with Gasteiger partial charge in [0.05, 0.1) is 5.56 Å². The third-order valence-electron chi connectivity index (χ3n) is 4.60. The number of benzene rings is 2. The topological polar surface area (TPSA) is 61.4 Å². The molecule has 0 aliphatic carbocycles. The molecule has 0 bridgehead atoms. The first-order chi connectivity index (χ1) is 13.3. The van der Waals surface area contributed by atoms with E-state index in [1.54, 1.807) is 11.0 Å². The van der Waals surface area contributed by atoms with Gasteiger partial charge in [-0.3, -0.25) is 4.79 Å². The predicted octanol–water partition coefficient (Wildman–Crippen LogP) is 4.64. The van der Waals surface area contributed by atoms with Crippen molar-refractivity contribution < 1.29 is 22.8 Å². The number of nitrogens with zero attached hydrogens (tertiary/aromatic N) is 1. The Morgan fingerprint density at radius 3 is 2.29 bits per heavy atom. The second-order valence-corrected chi connectivity index (χ2v) is 6.56. The first-order valence-corrected chi connectivity index (χ1v) is 8.91. The van der Waals surface area contributed by atoms with E-state index < -0.39 is 17.8 Å². The Hall–Kier alpha value is -3.03. The van der Waals surface area contributed by atoms with E-state index in [0.29, 0.717) is 25.2 Å². The molecule has 0 saturated heterocycles. The van der Waals surface area contributed by atoms with Crippen LogP contribution < -0.4 is 10.6 Å². The fourth-order valence-corrected chi connectivity index (χ4v) is 3.11. The van der Waals surface area contributed by atoms with Crippen molar-refractivity contribution in [2.75, 3.05) is 17.2 Å². The van der Waals surface area contributed by atoms with E-state index in [0.717, 1.165) is 29.7 Å². The zero-order valence-corrected chi connectivity index (χ0v) is 15.3. The Balaban J connectivity index is 1.64. The SMILES string of the molecule is CCC(=O)N1CCc2ccc(NC(=O)Nc3ccc(C(F)(F)F)cc3)cc2C1. The van der Waals surface area contributed by atoms with Crippen LogP contribution in [0.4, 0.5) is 29.3 Å². The first kappa shape index (κ1) is 19.7. The van der Waals surface area contributed by atoms with Crippen molar-refractivity contribution in [3.8, 4) is 0 Å². The number of amides is 3. The summed E-state index contributed by atoms with van der Waals surface area (Å²) in [5.74, 6) is 0.0871. The Bertz CT molecular complexity index is 879. The van der Waals surface area contributed by atoms with Gasteiger partial charge in [-0.1, -0.05) is 13.0 Å². The largest absolute Gasteiger partial charge is 0.416 e. The number of urea groups is 1. The van der Waals surface area contributed by atoms with Crippen LogP contribution in [0.2, 0.25) is 0 Å². The molecule has 148 valence electrons. The van der Waals surface area contributed by atoms with Gasteiger partial charge in [-0.15, -0.1) is 0 Å². The number of anilines is 2. The van der Waals surface area contributed by atoms with Gasteiger partial charge in [0.25, 0.3) is 0 Å². The molecule has 0 radical (unpaired) electrons. The quantitative estimate of drug-likeness (QED) is 0.801. The number of carbonyl (C=O) groups excluding carboxylic acids is 2. The Labute approximate surface area is 160 Å². The summed E-state index contributed by atoms with van der Waals surface area (Å²) in [6.45, 7) is 3.00. The molecular weight excluding hydrogens is 371 g/mol. The van der Waals surface area contributed by atoms with Crippen LogP contribution in [-0.4, -0.2) is 23.4 Å². The van der Waals surface area contributed by atoms with E-state index in [1.807, 2.05) is 19.1 Å². The van der Waals surface area contributed by atoms with Crippen LogP contribution in [0.25, 0.3) is 0 Å². The van der Waals surface area contributed by atoms with Gasteiger partial charge in [-0.2, -0.15) is 13.2 Å². The number of alkyl halides is 3. The maximum absolute atomic E-state index is 12.6. The van der Waals surface area contributed by atoms with Gasteiger partial charge < -0.3 is 15.5 Å². The lowest BCUT2D eigenvalue weighted by Gasteiger charge is -2.29. The molecule has 3 rings (SSSR count). The Morgan fingerprint density at radius 1 is 1.00 bits per heavy atom. The number of fused-ring (bicyclic) bond motifs is 1. The molecule has 8 heteroatoms. The monoisotopic (exact) mass is 391 g/mol. The molecule has 3 amide bonds. The van der Waals surface area contributed by atoms with Gasteiger partial charge in [0.15, 0.2) is 0 Å². The Kier molecular flexibility index (Phi) is 5.58. The summed E-state index contributed by atoms with van der Waals surface area (Å²) in [4.78, 5) is 25.8. The lowest BCUT2D eigenvalue weighted by Crippen LogP contribution is -2.35. The summed E-state index contributed by atoms with van der Waals surface area (Å²) < 4.78 is 37.8. The van der Waals surface area contributed by atoms with Crippen molar-refractivity contribution >= 4 is 23.3 Å². The molecule has 2 N–H and O–H groups in total. The van der Waals surface area contributed by atoms with E-state index in [-0.39, 0.29) is 11.6 Å². The number of halogens is 3. The minimum atomic E-state index is -4.42. The van der Waals surface area contributed by atoms with Crippen LogP contribution in [-0.2, 0) is 23.9 Å². The first-order valence-electron chi connectivity index (χ1n) is 8.91. The van der Waals surface area contributed by atoms with Crippen LogP contribution in [0.15, 0.2) is 42.5 Å². The summed E-state index contributed by atoms with van der Waals surface area (Å²) in [6.07, 6.45) is -3.21. The number of hydrogen-bond acceptors (Lipinski definition) is 2. The highest BCUT2D eigenvalue weighted by atomic mass is 19.4. The van der Waals surface area contributed by atoms with Crippen molar-refractivity contribution in [2.24, 2.45) is 0 Å². The maximum atomic E-state index is 12.6. The minimum absolute atomic E-state index is 0.0871. The van der Waals surface area contributed by atoms with Gasteiger partial charge in [0.2, 0.25) is 5.91 Å². The third-order valence-corrected chi connectivity index (χ3v) is 4.60. The van der Waals surface area contributed by atoms with Crippen LogP contribution in [0.5, 0.6) is 0 Å². The highest BCUT2D eigenvalue weighted by Gasteiger charge is 2.30. The Morgan fingerprint density at radius 2 is 1.64 bits per heavy atom. The van der Waals surface area contributed by atoms with Crippen LogP contribution in [0, 0.1) is 0 Å². The molecule has 1 aliphatic rings. The van der Waals surface area contributed by atoms with E-state index >= 15 is 0 Å². The van der Waals surface area contributed by atoms with Gasteiger partial charge in [0, 0.05) is 30.9 Å². The number of carbonyl (C=O) groups is 2. The summed E-state index contributed by atoms with van der Waals surface area (Å²) in [7, 11) is 0. The smallest absolute Gasteiger partial charge is 0.338 e. The molecule has 28 heavy (non-hydrogen) atoms. The average molecular weight is 391 g/mol. The molecule has 5 nitrogen and oxygen atoms in total. The van der Waals surface area contributed by atoms with Gasteiger partial charge in [-0.25, -0.2) is 4.79 Å². The fraction of sp³-hybridized carbons (Fsp3) is 0.300. The normalized spacial score (nSPS) is 13.6. The molecule has 2 aromatic rings. The molecule has 0 unspecified atom stereocenters. The maximum Gasteiger partial charge on any atom is 0.416 e. The zero-order valence-electron chi connectivity index (χ0n) is 15.3. The summed E-state index contributed by atoms with van der Waals surface area (Å²) in [6, 6.07) is 9.15. The zero-order chi connectivity index (χ0) is 20.3. The molecule has 1 heterocycles. The predicted molar refractivity (Wildman–Crippen MR) is 99.9 cm³/mol. The molecule has 0 aromatic heterocycles. The van der Waals surface area contributed by atoms with Crippen molar-refractivity contribution in [3.05, 3.63) is 59.2 Å². The second-order valence-electron chi connectivity index (χ2n) is 6.56. The van der Waals surface area contributed by atoms with E-state index in [9.17, 15) is 22.8 Å². The standard InChI is InChI=1S/C20H20F3N3O2/c1-2-18(27)26-10-9-13-3-6-17(11-14(13)12-26)25-19(28)24-16-7-4-15(5-8-16)20(21,22)23/h3-8,11H,2,9-10,12H2,1H3,(H2,24,25,28). The van der Waals surface area contributed by atoms with Crippen LogP contribution in [0.3, 0.4) is 0 Å². The summed E-state index contributed by atoms with van der Waals surface area (Å²) >= 11 is 0. The fourth-order valence-electron chi connectivity index (χ4n) is 3.11. The molecule has 0 spiro atoms. The number of hydrogen-bond donors (Lipinski definition) is 2. The molecule has 1 aliphatic heterocycles. The van der Waals surface area contributed by atoms with Crippen LogP contribution in [0.1, 0.15) is 30.0 Å². The molecule has 0 fully saturated rings. The minimum Gasteiger partial charge on any atom is -0.338 e. The number of rotatable bonds is 3. The highest BCUT2D eigenvalue weighted by molar-refractivity contribution is 5.99. The van der Waals surface area contributed by atoms with Crippen molar-refractivity contribution in [1.82, 2.24) is 4.90 Å². The number of nitrogens with one attached hydrogen (secondary N) is 2. The highest BCUT2D eigenvalue weighted by Crippen LogP contribution is 2.30. The van der Waals surface area contributed by atoms with Gasteiger partial charge >= 0.3 is 12.2 Å². The lowest BCUT2D eigenvalue weighted by atomic mass is 9.99. The van der Waals surface area contributed by atoms with Crippen molar-refractivity contribution in [2.45, 2.75) is 32.5 Å². The molecule has 2 aromatic carbocycles.